The minimum atomic E-state index is -3.24. The molecule has 0 bridgehead atoms. The van der Waals surface area contributed by atoms with Crippen LogP contribution in [0, 0.1) is 19.7 Å². The number of benzene rings is 2. The zero-order valence-corrected chi connectivity index (χ0v) is 14.7. The van der Waals surface area contributed by atoms with Crippen molar-refractivity contribution in [2.24, 2.45) is 0 Å². The maximum Gasteiger partial charge on any atom is 0.416 e. The van der Waals surface area contributed by atoms with Gasteiger partial charge in [-0.3, -0.25) is 5.32 Å². The van der Waals surface area contributed by atoms with E-state index in [2.05, 4.69) is 10.1 Å². The third-order valence-corrected chi connectivity index (χ3v) is 3.78. The lowest BCUT2D eigenvalue weighted by Gasteiger charge is -2.17. The molecule has 0 unspecified atom stereocenters. The molecule has 0 saturated heterocycles. The largest absolute Gasteiger partial charge is 0.489 e. The number of nitrogens with one attached hydrogen (secondary N) is 1. The highest BCUT2D eigenvalue weighted by Crippen LogP contribution is 2.27. The second-order valence-electron chi connectivity index (χ2n) is 5.80. The molecular formula is C19H20F3NO3. The van der Waals surface area contributed by atoms with E-state index in [1.165, 1.54) is 12.1 Å². The molecule has 140 valence electrons. The summed E-state index contributed by atoms with van der Waals surface area (Å²) in [5, 5.41) is 2.26. The molecule has 2 rings (SSSR count). The van der Waals surface area contributed by atoms with Crippen LogP contribution in [0.25, 0.3) is 0 Å². The van der Waals surface area contributed by atoms with Crippen molar-refractivity contribution in [2.45, 2.75) is 40.4 Å². The van der Waals surface area contributed by atoms with Gasteiger partial charge >= 0.3 is 12.7 Å². The summed E-state index contributed by atoms with van der Waals surface area (Å²) in [6.07, 6.45) is -0.924. The highest BCUT2D eigenvalue weighted by atomic mass is 19.3. The number of anilines is 1. The summed E-state index contributed by atoms with van der Waals surface area (Å²) in [5.74, 6) is 0.105. The van der Waals surface area contributed by atoms with Crippen molar-refractivity contribution in [3.63, 3.8) is 0 Å². The lowest BCUT2D eigenvalue weighted by Crippen LogP contribution is -2.19. The second-order valence-corrected chi connectivity index (χ2v) is 5.80. The van der Waals surface area contributed by atoms with E-state index in [-0.39, 0.29) is 12.3 Å². The molecule has 0 saturated carbocycles. The van der Waals surface area contributed by atoms with Crippen molar-refractivity contribution in [3.05, 3.63) is 58.4 Å². The molecule has 1 amide bonds. The molecule has 0 radical (unpaired) electrons. The van der Waals surface area contributed by atoms with E-state index in [0.717, 1.165) is 11.1 Å². The standard InChI is InChI=1S/C19H20F3NO3/c1-4-13-8-15(20)9-14(17(13)23-19(24)26-18(21)22)10-25-16-6-5-11(2)7-12(16)3/h5-9,18H,4,10H2,1-3H3,(H,23,24). The summed E-state index contributed by atoms with van der Waals surface area (Å²) in [6.45, 7) is 2.31. The van der Waals surface area contributed by atoms with Crippen molar-refractivity contribution in [2.75, 3.05) is 5.32 Å². The molecule has 0 aliphatic heterocycles. The molecule has 2 aromatic rings. The Morgan fingerprint density at radius 1 is 1.15 bits per heavy atom. The van der Waals surface area contributed by atoms with Crippen molar-refractivity contribution in [3.8, 4) is 5.75 Å². The summed E-state index contributed by atoms with van der Waals surface area (Å²) in [7, 11) is 0. The Kier molecular flexibility index (Phi) is 6.49. The lowest BCUT2D eigenvalue weighted by atomic mass is 10.0. The van der Waals surface area contributed by atoms with Gasteiger partial charge in [0.15, 0.2) is 0 Å². The van der Waals surface area contributed by atoms with Gasteiger partial charge in [-0.05, 0) is 49.6 Å². The fraction of sp³-hybridized carbons (Fsp3) is 0.316. The first-order valence-corrected chi connectivity index (χ1v) is 8.07. The van der Waals surface area contributed by atoms with Crippen LogP contribution in [0.2, 0.25) is 0 Å². The van der Waals surface area contributed by atoms with Crippen LogP contribution in [0.1, 0.15) is 29.2 Å². The van der Waals surface area contributed by atoms with Crippen LogP contribution in [-0.2, 0) is 17.8 Å². The van der Waals surface area contributed by atoms with Gasteiger partial charge in [-0.1, -0.05) is 24.6 Å². The molecule has 0 spiro atoms. The number of hydrogen-bond acceptors (Lipinski definition) is 3. The van der Waals surface area contributed by atoms with Gasteiger partial charge in [-0.25, -0.2) is 9.18 Å². The molecular weight excluding hydrogens is 347 g/mol. The van der Waals surface area contributed by atoms with Crippen molar-refractivity contribution < 1.29 is 27.4 Å². The van der Waals surface area contributed by atoms with Crippen LogP contribution >= 0.6 is 0 Å². The molecule has 7 heteroatoms. The Morgan fingerprint density at radius 3 is 2.46 bits per heavy atom. The Bertz CT molecular complexity index is 794. The molecule has 0 aliphatic carbocycles. The van der Waals surface area contributed by atoms with Crippen LogP contribution in [0.5, 0.6) is 5.75 Å². The SMILES string of the molecule is CCc1cc(F)cc(COc2ccc(C)cc2C)c1NC(=O)OC(F)F. The Morgan fingerprint density at radius 2 is 1.85 bits per heavy atom. The van der Waals surface area contributed by atoms with E-state index in [0.29, 0.717) is 23.3 Å². The van der Waals surface area contributed by atoms with Gasteiger partial charge in [0.05, 0.1) is 5.69 Å². The number of amides is 1. The average Bonchev–Trinajstić information content (AvgIpc) is 2.55. The third kappa shape index (κ3) is 5.15. The number of aryl methyl sites for hydroxylation is 3. The predicted molar refractivity (Wildman–Crippen MR) is 92.1 cm³/mol. The summed E-state index contributed by atoms with van der Waals surface area (Å²) < 4.78 is 47.9. The third-order valence-electron chi connectivity index (χ3n) is 3.78. The maximum absolute atomic E-state index is 13.9. The number of halogens is 3. The van der Waals surface area contributed by atoms with Gasteiger partial charge < -0.3 is 9.47 Å². The topological polar surface area (TPSA) is 47.6 Å². The minimum absolute atomic E-state index is 0.0427. The fourth-order valence-electron chi connectivity index (χ4n) is 2.61. The molecule has 0 heterocycles. The number of alkyl halides is 2. The molecule has 0 aromatic heterocycles. The second kappa shape index (κ2) is 8.60. The molecule has 0 aliphatic rings. The number of hydrogen-bond donors (Lipinski definition) is 1. The zero-order valence-electron chi connectivity index (χ0n) is 14.7. The average molecular weight is 367 g/mol. The van der Waals surface area contributed by atoms with Gasteiger partial charge in [-0.15, -0.1) is 0 Å². The van der Waals surface area contributed by atoms with E-state index in [1.54, 1.807) is 13.0 Å². The van der Waals surface area contributed by atoms with E-state index in [4.69, 9.17) is 4.74 Å². The van der Waals surface area contributed by atoms with Gasteiger partial charge in [-0.2, -0.15) is 8.78 Å². The first-order valence-electron chi connectivity index (χ1n) is 8.07. The predicted octanol–water partition coefficient (Wildman–Crippen LogP) is 5.36. The number of ether oxygens (including phenoxy) is 2. The number of carbonyl (C=O) groups excluding carboxylic acids is 1. The summed E-state index contributed by atoms with van der Waals surface area (Å²) in [6, 6.07) is 8.05. The highest BCUT2D eigenvalue weighted by Gasteiger charge is 2.17. The fourth-order valence-corrected chi connectivity index (χ4v) is 2.61. The van der Waals surface area contributed by atoms with Gasteiger partial charge in [0.25, 0.3) is 0 Å². The van der Waals surface area contributed by atoms with Crippen molar-refractivity contribution in [1.82, 2.24) is 0 Å². The highest BCUT2D eigenvalue weighted by molar-refractivity contribution is 5.87. The maximum atomic E-state index is 13.9. The van der Waals surface area contributed by atoms with E-state index in [1.807, 2.05) is 26.0 Å². The molecule has 4 nitrogen and oxygen atoms in total. The number of rotatable bonds is 6. The Labute approximate surface area is 149 Å². The summed E-state index contributed by atoms with van der Waals surface area (Å²) in [5.41, 5.74) is 2.97. The van der Waals surface area contributed by atoms with E-state index in [9.17, 15) is 18.0 Å². The molecule has 1 N–H and O–H groups in total. The molecule has 0 fully saturated rings. The van der Waals surface area contributed by atoms with Crippen LogP contribution in [0.15, 0.2) is 30.3 Å². The van der Waals surface area contributed by atoms with E-state index >= 15 is 0 Å². The Balaban J connectivity index is 2.27. The zero-order chi connectivity index (χ0) is 19.3. The quantitative estimate of drug-likeness (QED) is 0.748. The summed E-state index contributed by atoms with van der Waals surface area (Å²) in [4.78, 5) is 11.5. The van der Waals surface area contributed by atoms with Crippen LogP contribution in [0.4, 0.5) is 23.7 Å². The van der Waals surface area contributed by atoms with Crippen LogP contribution < -0.4 is 10.1 Å². The molecule has 2 aromatic carbocycles. The smallest absolute Gasteiger partial charge is 0.416 e. The van der Waals surface area contributed by atoms with Crippen LogP contribution in [-0.4, -0.2) is 12.7 Å². The summed E-state index contributed by atoms with van der Waals surface area (Å²) >= 11 is 0. The minimum Gasteiger partial charge on any atom is -0.489 e. The lowest BCUT2D eigenvalue weighted by molar-refractivity contribution is -0.0766. The molecule has 0 atom stereocenters. The normalized spacial score (nSPS) is 10.7. The Hall–Kier alpha value is -2.70. The number of carbonyl (C=O) groups is 1. The van der Waals surface area contributed by atoms with E-state index < -0.39 is 18.5 Å². The monoisotopic (exact) mass is 367 g/mol. The van der Waals surface area contributed by atoms with Gasteiger partial charge in [0, 0.05) is 5.56 Å². The van der Waals surface area contributed by atoms with Crippen molar-refractivity contribution >= 4 is 11.8 Å². The molecule has 26 heavy (non-hydrogen) atoms. The van der Waals surface area contributed by atoms with Crippen LogP contribution in [0.3, 0.4) is 0 Å². The van der Waals surface area contributed by atoms with Gasteiger partial charge in [0.2, 0.25) is 0 Å². The first-order chi connectivity index (χ1) is 12.3. The van der Waals surface area contributed by atoms with Crippen molar-refractivity contribution in [1.29, 1.82) is 0 Å². The first kappa shape index (κ1) is 19.6. The van der Waals surface area contributed by atoms with Gasteiger partial charge in [0.1, 0.15) is 18.2 Å².